The summed E-state index contributed by atoms with van der Waals surface area (Å²) in [5.74, 6) is 0.897. The van der Waals surface area contributed by atoms with E-state index < -0.39 is 0 Å². The summed E-state index contributed by atoms with van der Waals surface area (Å²) in [6, 6.07) is 5.00. The van der Waals surface area contributed by atoms with Gasteiger partial charge >= 0.3 is 0 Å². The Balaban J connectivity index is 1.89. The second-order valence-corrected chi connectivity index (χ2v) is 6.61. The standard InChI is InChI=1S/C15H21BrN2O3/c16-14-5-11(6-15(7-14)18(20)21)8-17-9-12-3-1-2-4-13(12)10-19/h5-7,12-13,17,19H,1-4,8-10H2. The molecule has 0 amide bonds. The highest BCUT2D eigenvalue weighted by molar-refractivity contribution is 9.10. The third-order valence-corrected chi connectivity index (χ3v) is 4.65. The Morgan fingerprint density at radius 2 is 2.00 bits per heavy atom. The van der Waals surface area contributed by atoms with Crippen LogP contribution < -0.4 is 5.32 Å². The number of rotatable bonds is 6. The van der Waals surface area contributed by atoms with Gasteiger partial charge < -0.3 is 10.4 Å². The molecule has 0 aromatic heterocycles. The molecule has 0 spiro atoms. The van der Waals surface area contributed by atoms with Crippen molar-refractivity contribution in [2.75, 3.05) is 13.2 Å². The Hall–Kier alpha value is -0.980. The van der Waals surface area contributed by atoms with Crippen LogP contribution in [0.2, 0.25) is 0 Å². The van der Waals surface area contributed by atoms with Gasteiger partial charge in [-0.15, -0.1) is 0 Å². The van der Waals surface area contributed by atoms with Gasteiger partial charge in [-0.1, -0.05) is 28.8 Å². The molecule has 2 rings (SSSR count). The largest absolute Gasteiger partial charge is 0.396 e. The van der Waals surface area contributed by atoms with Crippen LogP contribution in [0.1, 0.15) is 31.2 Å². The van der Waals surface area contributed by atoms with Crippen molar-refractivity contribution in [3.05, 3.63) is 38.3 Å². The van der Waals surface area contributed by atoms with Crippen molar-refractivity contribution >= 4 is 21.6 Å². The molecule has 21 heavy (non-hydrogen) atoms. The molecule has 6 heteroatoms. The van der Waals surface area contributed by atoms with E-state index in [9.17, 15) is 15.2 Å². The van der Waals surface area contributed by atoms with Gasteiger partial charge in [0, 0.05) is 29.8 Å². The fourth-order valence-corrected chi connectivity index (χ4v) is 3.56. The molecule has 116 valence electrons. The Morgan fingerprint density at radius 3 is 2.67 bits per heavy atom. The number of non-ortho nitro benzene ring substituents is 1. The fraction of sp³-hybridized carbons (Fsp3) is 0.600. The summed E-state index contributed by atoms with van der Waals surface area (Å²) in [4.78, 5) is 10.5. The lowest BCUT2D eigenvalue weighted by Crippen LogP contribution is -2.32. The number of nitrogens with one attached hydrogen (secondary N) is 1. The second kappa shape index (κ2) is 7.87. The van der Waals surface area contributed by atoms with Gasteiger partial charge in [-0.25, -0.2) is 0 Å². The number of hydrogen-bond donors (Lipinski definition) is 2. The molecular formula is C15H21BrN2O3. The lowest BCUT2D eigenvalue weighted by molar-refractivity contribution is -0.385. The zero-order valence-corrected chi connectivity index (χ0v) is 13.5. The molecule has 2 N–H and O–H groups in total. The second-order valence-electron chi connectivity index (χ2n) is 5.69. The van der Waals surface area contributed by atoms with E-state index in [1.807, 2.05) is 6.07 Å². The minimum absolute atomic E-state index is 0.104. The van der Waals surface area contributed by atoms with Gasteiger partial charge in [-0.2, -0.15) is 0 Å². The smallest absolute Gasteiger partial charge is 0.270 e. The molecular weight excluding hydrogens is 336 g/mol. The molecule has 1 aliphatic rings. The lowest BCUT2D eigenvalue weighted by Gasteiger charge is -2.30. The van der Waals surface area contributed by atoms with Gasteiger partial charge in [-0.05, 0) is 42.9 Å². The van der Waals surface area contributed by atoms with Gasteiger partial charge in [0.15, 0.2) is 0 Å². The zero-order valence-electron chi connectivity index (χ0n) is 11.9. The van der Waals surface area contributed by atoms with E-state index in [0.717, 1.165) is 29.4 Å². The molecule has 0 saturated heterocycles. The molecule has 5 nitrogen and oxygen atoms in total. The molecule has 1 saturated carbocycles. The van der Waals surface area contributed by atoms with Crippen LogP contribution in [0, 0.1) is 22.0 Å². The molecule has 0 radical (unpaired) electrons. The predicted molar refractivity (Wildman–Crippen MR) is 85.0 cm³/mol. The maximum absolute atomic E-state index is 10.8. The molecule has 0 bridgehead atoms. The normalized spacial score (nSPS) is 22.2. The maximum atomic E-state index is 10.8. The van der Waals surface area contributed by atoms with Crippen molar-refractivity contribution in [3.8, 4) is 0 Å². The number of hydrogen-bond acceptors (Lipinski definition) is 4. The fourth-order valence-electron chi connectivity index (χ4n) is 3.04. The molecule has 1 aromatic carbocycles. The summed E-state index contributed by atoms with van der Waals surface area (Å²) >= 11 is 3.31. The number of nitro groups is 1. The molecule has 2 unspecified atom stereocenters. The topological polar surface area (TPSA) is 75.4 Å². The van der Waals surface area contributed by atoms with E-state index in [1.165, 1.54) is 18.9 Å². The van der Waals surface area contributed by atoms with Crippen LogP contribution in [0.25, 0.3) is 0 Å². The number of nitrogens with zero attached hydrogens (tertiary/aromatic N) is 1. The molecule has 2 atom stereocenters. The number of aliphatic hydroxyl groups is 1. The average molecular weight is 357 g/mol. The Morgan fingerprint density at radius 1 is 1.29 bits per heavy atom. The lowest BCUT2D eigenvalue weighted by atomic mass is 9.79. The molecule has 1 aliphatic carbocycles. The number of nitro benzene ring substituents is 1. The SMILES string of the molecule is O=[N+]([O-])c1cc(Br)cc(CNCC2CCCCC2CO)c1. The van der Waals surface area contributed by atoms with Crippen molar-refractivity contribution in [3.63, 3.8) is 0 Å². The van der Waals surface area contributed by atoms with E-state index in [0.29, 0.717) is 18.4 Å². The zero-order chi connectivity index (χ0) is 15.2. The first kappa shape index (κ1) is 16.4. The van der Waals surface area contributed by atoms with Crippen LogP contribution in [0.5, 0.6) is 0 Å². The first-order valence-corrected chi connectivity index (χ1v) is 8.15. The Kier molecular flexibility index (Phi) is 6.14. The van der Waals surface area contributed by atoms with Crippen molar-refractivity contribution in [1.82, 2.24) is 5.32 Å². The third kappa shape index (κ3) is 4.76. The summed E-state index contributed by atoms with van der Waals surface area (Å²) in [5.41, 5.74) is 1.000. The van der Waals surface area contributed by atoms with E-state index in [2.05, 4.69) is 21.2 Å². The summed E-state index contributed by atoms with van der Waals surface area (Å²) in [7, 11) is 0. The summed E-state index contributed by atoms with van der Waals surface area (Å²) < 4.78 is 0.722. The quantitative estimate of drug-likeness (QED) is 0.605. The van der Waals surface area contributed by atoms with Crippen molar-refractivity contribution in [2.24, 2.45) is 11.8 Å². The van der Waals surface area contributed by atoms with Crippen molar-refractivity contribution in [1.29, 1.82) is 0 Å². The Labute approximate surface area is 133 Å². The van der Waals surface area contributed by atoms with Gasteiger partial charge in [0.05, 0.1) is 4.92 Å². The van der Waals surface area contributed by atoms with E-state index in [-0.39, 0.29) is 17.2 Å². The van der Waals surface area contributed by atoms with E-state index >= 15 is 0 Å². The number of aliphatic hydroxyl groups excluding tert-OH is 1. The summed E-state index contributed by atoms with van der Waals surface area (Å²) in [6.07, 6.45) is 4.69. The van der Waals surface area contributed by atoms with Gasteiger partial charge in [0.1, 0.15) is 0 Å². The van der Waals surface area contributed by atoms with Crippen LogP contribution in [0.3, 0.4) is 0 Å². The monoisotopic (exact) mass is 356 g/mol. The molecule has 0 aliphatic heterocycles. The van der Waals surface area contributed by atoms with Gasteiger partial charge in [0.2, 0.25) is 0 Å². The molecule has 1 aromatic rings. The van der Waals surface area contributed by atoms with E-state index in [4.69, 9.17) is 0 Å². The highest BCUT2D eigenvalue weighted by Gasteiger charge is 2.23. The number of benzene rings is 1. The maximum Gasteiger partial charge on any atom is 0.270 e. The summed E-state index contributed by atoms with van der Waals surface area (Å²) in [6.45, 7) is 1.72. The highest BCUT2D eigenvalue weighted by atomic mass is 79.9. The van der Waals surface area contributed by atoms with Crippen LogP contribution in [0.15, 0.2) is 22.7 Å². The van der Waals surface area contributed by atoms with Crippen molar-refractivity contribution in [2.45, 2.75) is 32.2 Å². The third-order valence-electron chi connectivity index (χ3n) is 4.19. The van der Waals surface area contributed by atoms with Crippen LogP contribution in [0.4, 0.5) is 5.69 Å². The number of halogens is 1. The summed E-state index contributed by atoms with van der Waals surface area (Å²) in [5, 5.41) is 23.6. The molecule has 1 fully saturated rings. The van der Waals surface area contributed by atoms with E-state index in [1.54, 1.807) is 6.07 Å². The first-order chi connectivity index (χ1) is 10.1. The predicted octanol–water partition coefficient (Wildman–Crippen LogP) is 3.25. The van der Waals surface area contributed by atoms with Gasteiger partial charge in [0.25, 0.3) is 5.69 Å². The Bertz CT molecular complexity index is 496. The average Bonchev–Trinajstić information content (AvgIpc) is 2.47. The van der Waals surface area contributed by atoms with Gasteiger partial charge in [-0.3, -0.25) is 10.1 Å². The van der Waals surface area contributed by atoms with Crippen LogP contribution in [-0.2, 0) is 6.54 Å². The minimum Gasteiger partial charge on any atom is -0.396 e. The molecule has 0 heterocycles. The minimum atomic E-state index is -0.378. The first-order valence-electron chi connectivity index (χ1n) is 7.35. The highest BCUT2D eigenvalue weighted by Crippen LogP contribution is 2.29. The van der Waals surface area contributed by atoms with Crippen molar-refractivity contribution < 1.29 is 10.0 Å². The van der Waals surface area contributed by atoms with Crippen LogP contribution >= 0.6 is 15.9 Å². The van der Waals surface area contributed by atoms with Crippen LogP contribution in [-0.4, -0.2) is 23.2 Å².